The number of hydrogen-bond acceptors (Lipinski definition) is 7. The minimum Gasteiger partial charge on any atom is -0.477 e. The van der Waals surface area contributed by atoms with Gasteiger partial charge >= 0.3 is 5.97 Å². The molecular weight excluding hydrogens is 484 g/mol. The first kappa shape index (κ1) is 26.7. The molecule has 0 spiro atoms. The van der Waals surface area contributed by atoms with Gasteiger partial charge in [0.05, 0.1) is 18.0 Å². The SMILES string of the molecule is CC(=O)C[C@H](C)[C@H]1C(=O)N2C(C(=O)O)=C(S[C@@H]3CN[C@H](C(=O)N4CC[C@H](CCC(N)=O)C4)C3)[C@H](C)[C@@H]12. The van der Waals surface area contributed by atoms with E-state index in [0.29, 0.717) is 50.2 Å². The van der Waals surface area contributed by atoms with Crippen molar-refractivity contribution in [3.8, 4) is 0 Å². The average Bonchev–Trinajstić information content (AvgIpc) is 3.50. The van der Waals surface area contributed by atoms with Gasteiger partial charge in [-0.25, -0.2) is 4.79 Å². The first-order valence-corrected chi connectivity index (χ1v) is 13.6. The highest BCUT2D eigenvalue weighted by Gasteiger charge is 2.60. The number of Topliss-reactive ketones (excluding diaryl/α,β-unsaturated/α-hetero) is 1. The number of ketones is 1. The standard InChI is InChI=1S/C25H36N4O6S/c1-12(8-13(2)30)19-20-14(3)22(21(25(34)35)29(20)24(19)33)36-16-9-17(27-10-16)23(32)28-7-6-15(11-28)4-5-18(26)31/h12,14-17,19-20,27H,4-11H2,1-3H3,(H2,26,31)(H,34,35)/t12-,14+,15-,16-,17-,19+,20-/m0/s1. The molecule has 0 aromatic carbocycles. The summed E-state index contributed by atoms with van der Waals surface area (Å²) in [5.74, 6) is -1.94. The van der Waals surface area contributed by atoms with E-state index >= 15 is 0 Å². The van der Waals surface area contributed by atoms with Gasteiger partial charge in [0.1, 0.15) is 11.5 Å². The highest BCUT2D eigenvalue weighted by atomic mass is 32.2. The Morgan fingerprint density at radius 1 is 1.28 bits per heavy atom. The fourth-order valence-electron chi connectivity index (χ4n) is 6.34. The van der Waals surface area contributed by atoms with Crippen LogP contribution in [0, 0.1) is 23.7 Å². The van der Waals surface area contributed by atoms with Crippen molar-refractivity contribution < 1.29 is 29.1 Å². The van der Waals surface area contributed by atoms with Crippen molar-refractivity contribution >= 4 is 41.2 Å². The number of carbonyl (C=O) groups excluding carboxylic acids is 4. The lowest BCUT2D eigenvalue weighted by molar-refractivity contribution is -0.160. The molecular formula is C25H36N4O6S. The number of nitrogens with two attached hydrogens (primary N) is 1. The van der Waals surface area contributed by atoms with Crippen LogP contribution >= 0.6 is 11.8 Å². The zero-order valence-electron chi connectivity index (χ0n) is 21.1. The van der Waals surface area contributed by atoms with Crippen molar-refractivity contribution in [1.29, 1.82) is 0 Å². The monoisotopic (exact) mass is 520 g/mol. The summed E-state index contributed by atoms with van der Waals surface area (Å²) >= 11 is 1.47. The molecule has 4 heterocycles. The van der Waals surface area contributed by atoms with Crippen LogP contribution in [0.1, 0.15) is 52.9 Å². The second kappa shape index (κ2) is 10.5. The minimum atomic E-state index is -1.12. The number of likely N-dealkylation sites (tertiary alicyclic amines) is 1. The average molecular weight is 521 g/mol. The van der Waals surface area contributed by atoms with Crippen LogP contribution in [0.15, 0.2) is 10.6 Å². The zero-order valence-corrected chi connectivity index (χ0v) is 21.9. The molecule has 0 aliphatic carbocycles. The smallest absolute Gasteiger partial charge is 0.353 e. The summed E-state index contributed by atoms with van der Waals surface area (Å²) in [7, 11) is 0. The fourth-order valence-corrected chi connectivity index (χ4v) is 7.82. The van der Waals surface area contributed by atoms with Crippen LogP contribution in [0.4, 0.5) is 0 Å². The Hall–Kier alpha value is -2.40. The van der Waals surface area contributed by atoms with Crippen LogP contribution < -0.4 is 11.1 Å². The maximum atomic E-state index is 13.1. The van der Waals surface area contributed by atoms with E-state index < -0.39 is 5.97 Å². The van der Waals surface area contributed by atoms with Crippen LogP contribution in [0.5, 0.6) is 0 Å². The maximum absolute atomic E-state index is 13.1. The molecule has 3 fully saturated rings. The number of amides is 3. The number of hydrogen-bond donors (Lipinski definition) is 3. The summed E-state index contributed by atoms with van der Waals surface area (Å²) in [5.41, 5.74) is 5.30. The van der Waals surface area contributed by atoms with Gasteiger partial charge in [0, 0.05) is 48.5 Å². The molecule has 0 aromatic heterocycles. The van der Waals surface area contributed by atoms with Gasteiger partial charge in [0.2, 0.25) is 17.7 Å². The van der Waals surface area contributed by atoms with E-state index in [1.54, 1.807) is 0 Å². The van der Waals surface area contributed by atoms with Crippen LogP contribution in [-0.2, 0) is 24.0 Å². The normalized spacial score (nSPS) is 32.5. The molecule has 0 bridgehead atoms. The Kier molecular flexibility index (Phi) is 7.80. The van der Waals surface area contributed by atoms with Crippen molar-refractivity contribution in [1.82, 2.24) is 15.1 Å². The third-order valence-corrected chi connectivity index (χ3v) is 9.60. The molecule has 3 saturated heterocycles. The number of carbonyl (C=O) groups is 5. The molecule has 0 unspecified atom stereocenters. The number of fused-ring (bicyclic) bond motifs is 1. The first-order chi connectivity index (χ1) is 17.0. The number of β-lactam (4-membered cyclic amide) rings is 1. The minimum absolute atomic E-state index is 0.0147. The molecule has 198 valence electrons. The predicted molar refractivity (Wildman–Crippen MR) is 133 cm³/mol. The second-order valence-electron chi connectivity index (χ2n) is 10.8. The fraction of sp³-hybridized carbons (Fsp3) is 0.720. The Labute approximate surface area is 215 Å². The van der Waals surface area contributed by atoms with E-state index in [1.165, 1.54) is 23.6 Å². The Morgan fingerprint density at radius 2 is 2.00 bits per heavy atom. The third kappa shape index (κ3) is 5.04. The number of carboxylic acid groups (broad SMARTS) is 1. The van der Waals surface area contributed by atoms with Crippen LogP contribution in [-0.4, -0.2) is 81.3 Å². The number of rotatable bonds is 10. The van der Waals surface area contributed by atoms with Crippen molar-refractivity contribution in [2.45, 2.75) is 70.2 Å². The van der Waals surface area contributed by atoms with Gasteiger partial charge in [-0.2, -0.15) is 0 Å². The summed E-state index contributed by atoms with van der Waals surface area (Å²) in [6.07, 6.45) is 2.78. The third-order valence-electron chi connectivity index (χ3n) is 8.09. The summed E-state index contributed by atoms with van der Waals surface area (Å²) in [6.45, 7) is 7.22. The van der Waals surface area contributed by atoms with Gasteiger partial charge in [-0.1, -0.05) is 13.8 Å². The van der Waals surface area contributed by atoms with Crippen molar-refractivity contribution in [2.24, 2.45) is 29.4 Å². The molecule has 3 amide bonds. The highest BCUT2D eigenvalue weighted by molar-refractivity contribution is 8.03. The topological polar surface area (TPSA) is 150 Å². The van der Waals surface area contributed by atoms with Crippen LogP contribution in [0.2, 0.25) is 0 Å². The summed E-state index contributed by atoms with van der Waals surface area (Å²) in [6, 6.07) is -0.570. The highest BCUT2D eigenvalue weighted by Crippen LogP contribution is 2.53. The van der Waals surface area contributed by atoms with E-state index in [-0.39, 0.29) is 70.2 Å². The molecule has 11 heteroatoms. The number of nitrogens with one attached hydrogen (secondary N) is 1. The van der Waals surface area contributed by atoms with E-state index in [0.717, 1.165) is 6.42 Å². The van der Waals surface area contributed by atoms with Gasteiger partial charge in [-0.05, 0) is 38.0 Å². The number of nitrogens with zero attached hydrogens (tertiary/aromatic N) is 2. The molecule has 0 radical (unpaired) electrons. The maximum Gasteiger partial charge on any atom is 0.353 e. The number of aliphatic carboxylic acids is 1. The zero-order chi connectivity index (χ0) is 26.3. The van der Waals surface area contributed by atoms with Gasteiger partial charge in [0.25, 0.3) is 0 Å². The molecule has 4 aliphatic heterocycles. The summed E-state index contributed by atoms with van der Waals surface area (Å²) < 4.78 is 0. The molecule has 4 rings (SSSR count). The van der Waals surface area contributed by atoms with E-state index in [9.17, 15) is 29.1 Å². The predicted octanol–water partition coefficient (Wildman–Crippen LogP) is 0.952. The van der Waals surface area contributed by atoms with Crippen LogP contribution in [0.25, 0.3) is 0 Å². The first-order valence-electron chi connectivity index (χ1n) is 12.8. The van der Waals surface area contributed by atoms with Gasteiger partial charge in [0.15, 0.2) is 0 Å². The van der Waals surface area contributed by atoms with Crippen molar-refractivity contribution in [3.05, 3.63) is 10.6 Å². The molecule has 7 atom stereocenters. The van der Waals surface area contributed by atoms with Gasteiger partial charge in [-0.15, -0.1) is 11.8 Å². The number of thioether (sulfide) groups is 1. The Balaban J connectivity index is 1.38. The molecule has 36 heavy (non-hydrogen) atoms. The summed E-state index contributed by atoms with van der Waals surface area (Å²) in [4.78, 5) is 64.8. The van der Waals surface area contributed by atoms with Gasteiger partial charge < -0.3 is 30.8 Å². The molecule has 4 N–H and O–H groups in total. The largest absolute Gasteiger partial charge is 0.477 e. The lowest BCUT2D eigenvalue weighted by Crippen LogP contribution is -2.62. The lowest BCUT2D eigenvalue weighted by atomic mass is 9.73. The van der Waals surface area contributed by atoms with Crippen molar-refractivity contribution in [3.63, 3.8) is 0 Å². The second-order valence-corrected chi connectivity index (χ2v) is 12.1. The van der Waals surface area contributed by atoms with Gasteiger partial charge in [-0.3, -0.25) is 14.4 Å². The molecule has 4 aliphatic rings. The molecule has 10 nitrogen and oxygen atoms in total. The van der Waals surface area contributed by atoms with E-state index in [4.69, 9.17) is 5.73 Å². The van der Waals surface area contributed by atoms with Crippen LogP contribution in [0.3, 0.4) is 0 Å². The Morgan fingerprint density at radius 3 is 2.64 bits per heavy atom. The summed E-state index contributed by atoms with van der Waals surface area (Å²) in [5, 5.41) is 13.3. The van der Waals surface area contributed by atoms with E-state index in [1.807, 2.05) is 18.7 Å². The Bertz CT molecular complexity index is 999. The quantitative estimate of drug-likeness (QED) is 0.360. The lowest BCUT2D eigenvalue weighted by Gasteiger charge is -2.47. The molecule has 0 saturated carbocycles. The number of primary amides is 1. The number of carboxylic acids is 1. The molecule has 0 aromatic rings. The van der Waals surface area contributed by atoms with Crippen molar-refractivity contribution in [2.75, 3.05) is 19.6 Å². The van der Waals surface area contributed by atoms with E-state index in [2.05, 4.69) is 5.32 Å².